The van der Waals surface area contributed by atoms with Crippen LogP contribution in [-0.4, -0.2) is 36.4 Å². The highest BCUT2D eigenvalue weighted by molar-refractivity contribution is 6.62. The molecule has 31 heavy (non-hydrogen) atoms. The Morgan fingerprint density at radius 2 is 1.71 bits per heavy atom. The summed E-state index contributed by atoms with van der Waals surface area (Å²) in [6.45, 7) is 7.73. The molecule has 7 nitrogen and oxygen atoms in total. The average molecular weight is 437 g/mol. The van der Waals surface area contributed by atoms with Gasteiger partial charge in [-0.05, 0) is 52.0 Å². The number of urea groups is 1. The van der Waals surface area contributed by atoms with Crippen LogP contribution >= 0.6 is 0 Å². The lowest BCUT2D eigenvalue weighted by molar-refractivity contribution is -0.137. The van der Waals surface area contributed by atoms with Gasteiger partial charge in [-0.2, -0.15) is 13.2 Å². The molecule has 2 N–H and O–H groups in total. The van der Waals surface area contributed by atoms with Crippen molar-refractivity contribution in [2.75, 3.05) is 17.7 Å². The van der Waals surface area contributed by atoms with E-state index in [0.717, 1.165) is 18.2 Å². The fraction of sp³-hybridized carbons (Fsp3) is 0.400. The summed E-state index contributed by atoms with van der Waals surface area (Å²) in [6, 6.07) is 5.27. The summed E-state index contributed by atoms with van der Waals surface area (Å²) in [5.74, 6) is 0.288. The molecule has 1 saturated heterocycles. The highest BCUT2D eigenvalue weighted by atomic mass is 19.4. The number of pyridine rings is 1. The van der Waals surface area contributed by atoms with Crippen molar-refractivity contribution in [3.05, 3.63) is 42.1 Å². The van der Waals surface area contributed by atoms with E-state index < -0.39 is 36.1 Å². The summed E-state index contributed by atoms with van der Waals surface area (Å²) in [4.78, 5) is 16.4. The van der Waals surface area contributed by atoms with Crippen LogP contribution in [0.2, 0.25) is 0 Å². The molecule has 2 aromatic rings. The Morgan fingerprint density at radius 3 is 2.23 bits per heavy atom. The second kappa shape index (κ2) is 8.05. The van der Waals surface area contributed by atoms with Gasteiger partial charge in [-0.3, -0.25) is 5.32 Å². The number of ether oxygens (including phenoxy) is 1. The molecule has 0 spiro atoms. The standard InChI is InChI=1S/C20H23BF3N3O4/c1-18(2)19(3,4)31-21(30-18)13-7-9-16(25-11-13)27-17(28)26-14-10-12(20(22,23)24)6-8-15(14)29-5/h6-11H,1-5H3,(H2,25,26,27,28). The number of amides is 2. The monoisotopic (exact) mass is 437 g/mol. The highest BCUT2D eigenvalue weighted by Crippen LogP contribution is 2.37. The van der Waals surface area contributed by atoms with Crippen molar-refractivity contribution in [3.63, 3.8) is 0 Å². The van der Waals surface area contributed by atoms with E-state index in [2.05, 4.69) is 15.6 Å². The summed E-state index contributed by atoms with van der Waals surface area (Å²) < 4.78 is 55.8. The van der Waals surface area contributed by atoms with Crippen molar-refractivity contribution in [2.45, 2.75) is 45.1 Å². The highest BCUT2D eigenvalue weighted by Gasteiger charge is 2.51. The summed E-state index contributed by atoms with van der Waals surface area (Å²) in [5.41, 5.74) is -1.36. The van der Waals surface area contributed by atoms with Crippen molar-refractivity contribution < 1.29 is 32.0 Å². The minimum atomic E-state index is -4.55. The van der Waals surface area contributed by atoms with Gasteiger partial charge >= 0.3 is 19.3 Å². The lowest BCUT2D eigenvalue weighted by atomic mass is 9.80. The Balaban J connectivity index is 1.68. The molecule has 1 aliphatic heterocycles. The number of anilines is 2. The summed E-state index contributed by atoms with van der Waals surface area (Å²) in [6.07, 6.45) is -3.05. The van der Waals surface area contributed by atoms with Crippen LogP contribution in [0.5, 0.6) is 5.75 Å². The largest absolute Gasteiger partial charge is 0.496 e. The predicted octanol–water partition coefficient (Wildman–Crippen LogP) is 4.05. The molecule has 1 aromatic heterocycles. The molecule has 2 heterocycles. The van der Waals surface area contributed by atoms with Gasteiger partial charge in [0.2, 0.25) is 0 Å². The maximum atomic E-state index is 13.0. The number of nitrogens with zero attached hydrogens (tertiary/aromatic N) is 1. The quantitative estimate of drug-likeness (QED) is 0.706. The van der Waals surface area contributed by atoms with Crippen LogP contribution in [0.25, 0.3) is 0 Å². The maximum absolute atomic E-state index is 13.0. The van der Waals surface area contributed by atoms with Crippen LogP contribution in [0, 0.1) is 0 Å². The third-order valence-electron chi connectivity index (χ3n) is 5.33. The normalized spacial score (nSPS) is 17.4. The fourth-order valence-electron chi connectivity index (χ4n) is 2.85. The number of carbonyl (C=O) groups excluding carboxylic acids is 1. The van der Waals surface area contributed by atoms with Gasteiger partial charge in [0.1, 0.15) is 11.6 Å². The first kappa shape index (κ1) is 22.9. The van der Waals surface area contributed by atoms with Gasteiger partial charge in [0.05, 0.1) is 29.6 Å². The van der Waals surface area contributed by atoms with E-state index in [1.807, 2.05) is 27.7 Å². The van der Waals surface area contributed by atoms with Gasteiger partial charge in [-0.1, -0.05) is 6.07 Å². The molecule has 1 fully saturated rings. The average Bonchev–Trinajstić information content (AvgIpc) is 2.88. The van der Waals surface area contributed by atoms with Crippen LogP contribution in [0.4, 0.5) is 29.5 Å². The number of rotatable bonds is 4. The molecule has 0 bridgehead atoms. The molecule has 0 atom stereocenters. The number of carbonyl (C=O) groups is 1. The van der Waals surface area contributed by atoms with E-state index in [0.29, 0.717) is 5.46 Å². The van der Waals surface area contributed by atoms with Gasteiger partial charge < -0.3 is 19.4 Å². The minimum Gasteiger partial charge on any atom is -0.495 e. The van der Waals surface area contributed by atoms with Crippen LogP contribution in [0.15, 0.2) is 36.5 Å². The Kier molecular flexibility index (Phi) is 5.94. The number of aromatic nitrogens is 1. The van der Waals surface area contributed by atoms with Crippen LogP contribution in [0.3, 0.4) is 0 Å². The molecule has 2 amide bonds. The lowest BCUT2D eigenvalue weighted by Crippen LogP contribution is -2.41. The summed E-state index contributed by atoms with van der Waals surface area (Å²) in [7, 11) is 0.691. The van der Waals surface area contributed by atoms with Crippen molar-refractivity contribution in [1.82, 2.24) is 4.98 Å². The molecule has 1 aromatic carbocycles. The first-order valence-corrected chi connectivity index (χ1v) is 9.47. The topological polar surface area (TPSA) is 81.7 Å². The van der Waals surface area contributed by atoms with Gasteiger partial charge in [0, 0.05) is 11.7 Å². The summed E-state index contributed by atoms with van der Waals surface area (Å²) in [5, 5.41) is 4.82. The molecule has 11 heteroatoms. The number of halogens is 3. The number of nitrogens with one attached hydrogen (secondary N) is 2. The predicted molar refractivity (Wildman–Crippen MR) is 111 cm³/mol. The summed E-state index contributed by atoms with van der Waals surface area (Å²) >= 11 is 0. The molecule has 0 unspecified atom stereocenters. The molecular formula is C20H23BF3N3O4. The van der Waals surface area contributed by atoms with Crippen LogP contribution < -0.4 is 20.8 Å². The van der Waals surface area contributed by atoms with Crippen molar-refractivity contribution >= 4 is 30.1 Å². The van der Waals surface area contributed by atoms with Crippen LogP contribution in [0.1, 0.15) is 33.3 Å². The first-order valence-electron chi connectivity index (χ1n) is 9.47. The maximum Gasteiger partial charge on any atom is 0.496 e. The molecule has 0 radical (unpaired) electrons. The molecular weight excluding hydrogens is 414 g/mol. The molecule has 0 saturated carbocycles. The van der Waals surface area contributed by atoms with E-state index in [1.165, 1.54) is 13.3 Å². The molecule has 1 aliphatic rings. The zero-order valence-corrected chi connectivity index (χ0v) is 17.8. The number of benzene rings is 1. The van der Waals surface area contributed by atoms with Gasteiger partial charge in [-0.15, -0.1) is 0 Å². The van der Waals surface area contributed by atoms with E-state index in [1.54, 1.807) is 12.1 Å². The smallest absolute Gasteiger partial charge is 0.495 e. The van der Waals surface area contributed by atoms with E-state index >= 15 is 0 Å². The molecule has 166 valence electrons. The first-order chi connectivity index (χ1) is 14.3. The van der Waals surface area contributed by atoms with E-state index in [4.69, 9.17) is 14.0 Å². The number of alkyl halides is 3. The number of methoxy groups -OCH3 is 1. The Bertz CT molecular complexity index is 949. The third kappa shape index (κ3) is 4.93. The second-order valence-corrected chi connectivity index (χ2v) is 8.06. The SMILES string of the molecule is COc1ccc(C(F)(F)F)cc1NC(=O)Nc1ccc(B2OC(C)(C)C(C)(C)O2)cn1. The van der Waals surface area contributed by atoms with Gasteiger partial charge in [-0.25, -0.2) is 9.78 Å². The van der Waals surface area contributed by atoms with E-state index in [9.17, 15) is 18.0 Å². The van der Waals surface area contributed by atoms with Gasteiger partial charge in [0.15, 0.2) is 0 Å². The Morgan fingerprint density at radius 1 is 1.06 bits per heavy atom. The fourth-order valence-corrected chi connectivity index (χ4v) is 2.85. The number of hydrogen-bond acceptors (Lipinski definition) is 5. The van der Waals surface area contributed by atoms with Crippen molar-refractivity contribution in [3.8, 4) is 5.75 Å². The second-order valence-electron chi connectivity index (χ2n) is 8.06. The van der Waals surface area contributed by atoms with Gasteiger partial charge in [0.25, 0.3) is 0 Å². The number of hydrogen-bond donors (Lipinski definition) is 2. The Labute approximate surface area is 178 Å². The zero-order chi connectivity index (χ0) is 23.0. The Hall–Kier alpha value is -2.79. The van der Waals surface area contributed by atoms with Crippen LogP contribution in [-0.2, 0) is 15.5 Å². The van der Waals surface area contributed by atoms with E-state index in [-0.39, 0.29) is 17.3 Å². The molecule has 0 aliphatic carbocycles. The third-order valence-corrected chi connectivity index (χ3v) is 5.33. The van der Waals surface area contributed by atoms with Crippen molar-refractivity contribution in [2.24, 2.45) is 0 Å². The molecule has 3 rings (SSSR count). The minimum absolute atomic E-state index is 0.0900. The lowest BCUT2D eigenvalue weighted by Gasteiger charge is -2.32. The van der Waals surface area contributed by atoms with Crippen molar-refractivity contribution in [1.29, 1.82) is 0 Å². The zero-order valence-electron chi connectivity index (χ0n) is 17.8.